The highest BCUT2D eigenvalue weighted by atomic mass is 16.3. The molecule has 0 spiro atoms. The first kappa shape index (κ1) is 16.7. The fourth-order valence-electron chi connectivity index (χ4n) is 3.19. The second-order valence-corrected chi connectivity index (χ2v) is 6.43. The molecule has 1 aromatic carbocycles. The van der Waals surface area contributed by atoms with Crippen molar-refractivity contribution in [3.63, 3.8) is 0 Å². The highest BCUT2D eigenvalue weighted by Gasteiger charge is 2.23. The van der Waals surface area contributed by atoms with E-state index in [-0.39, 0.29) is 11.6 Å². The van der Waals surface area contributed by atoms with Gasteiger partial charge in [0.15, 0.2) is 0 Å². The predicted octanol–water partition coefficient (Wildman–Crippen LogP) is 1.66. The number of piperazine rings is 1. The maximum atomic E-state index is 11.6. The number of aromatic nitrogens is 2. The topological polar surface area (TPSA) is 72.5 Å². The summed E-state index contributed by atoms with van der Waals surface area (Å²) in [7, 11) is 0. The second-order valence-electron chi connectivity index (χ2n) is 6.43. The number of hydrogen-bond donors (Lipinski definition) is 2. The summed E-state index contributed by atoms with van der Waals surface area (Å²) < 4.78 is 0. The van der Waals surface area contributed by atoms with Gasteiger partial charge >= 0.3 is 0 Å². The number of H-pyrrole nitrogens is 1. The van der Waals surface area contributed by atoms with Crippen LogP contribution >= 0.6 is 0 Å². The number of aromatic hydroxyl groups is 1. The molecule has 1 aromatic heterocycles. The van der Waals surface area contributed by atoms with Gasteiger partial charge in [-0.1, -0.05) is 12.1 Å². The van der Waals surface area contributed by atoms with Crippen molar-refractivity contribution in [2.24, 2.45) is 0 Å². The number of benzene rings is 1. The van der Waals surface area contributed by atoms with E-state index >= 15 is 0 Å². The number of nitrogens with one attached hydrogen (secondary N) is 1. The molecule has 6 heteroatoms. The van der Waals surface area contributed by atoms with E-state index in [0.29, 0.717) is 5.75 Å². The van der Waals surface area contributed by atoms with Crippen molar-refractivity contribution in [2.45, 2.75) is 26.4 Å². The molecule has 0 bridgehead atoms. The van der Waals surface area contributed by atoms with E-state index in [9.17, 15) is 9.90 Å². The minimum absolute atomic E-state index is 0.0909. The Balaban J connectivity index is 1.59. The van der Waals surface area contributed by atoms with Gasteiger partial charge < -0.3 is 10.1 Å². The molecule has 6 nitrogen and oxygen atoms in total. The number of hydrogen-bond acceptors (Lipinski definition) is 5. The van der Waals surface area contributed by atoms with Crippen LogP contribution in [0.15, 0.2) is 35.1 Å². The molecule has 0 radical (unpaired) electrons. The zero-order chi connectivity index (χ0) is 17.1. The molecule has 2 aromatic rings. The maximum absolute atomic E-state index is 11.6. The summed E-state index contributed by atoms with van der Waals surface area (Å²) >= 11 is 0. The van der Waals surface area contributed by atoms with Gasteiger partial charge in [0.2, 0.25) is 0 Å². The average molecular weight is 328 g/mol. The smallest absolute Gasteiger partial charge is 0.251 e. The van der Waals surface area contributed by atoms with Crippen LogP contribution in [-0.2, 0) is 6.54 Å². The molecule has 0 amide bonds. The van der Waals surface area contributed by atoms with Crippen molar-refractivity contribution in [3.05, 3.63) is 57.8 Å². The Morgan fingerprint density at radius 1 is 1.25 bits per heavy atom. The van der Waals surface area contributed by atoms with Gasteiger partial charge in [0.05, 0.1) is 6.04 Å². The lowest BCUT2D eigenvalue weighted by atomic mass is 10.1. The van der Waals surface area contributed by atoms with Crippen LogP contribution in [0.1, 0.15) is 30.0 Å². The van der Waals surface area contributed by atoms with E-state index in [0.717, 1.165) is 49.8 Å². The monoisotopic (exact) mass is 328 g/mol. The summed E-state index contributed by atoms with van der Waals surface area (Å²) in [4.78, 5) is 23.7. The van der Waals surface area contributed by atoms with Gasteiger partial charge in [-0.05, 0) is 31.5 Å². The third kappa shape index (κ3) is 4.01. The summed E-state index contributed by atoms with van der Waals surface area (Å²) in [6.07, 6.45) is 0. The van der Waals surface area contributed by atoms with Gasteiger partial charge in [-0.15, -0.1) is 0 Å². The lowest BCUT2D eigenvalue weighted by molar-refractivity contribution is 0.0946. The first-order chi connectivity index (χ1) is 11.5. The zero-order valence-corrected chi connectivity index (χ0v) is 14.2. The van der Waals surface area contributed by atoms with Crippen molar-refractivity contribution in [1.82, 2.24) is 19.8 Å². The van der Waals surface area contributed by atoms with Crippen molar-refractivity contribution in [2.75, 3.05) is 26.2 Å². The third-order valence-corrected chi connectivity index (χ3v) is 4.56. The molecular formula is C18H24N4O2. The summed E-state index contributed by atoms with van der Waals surface area (Å²) in [6.45, 7) is 8.54. The van der Waals surface area contributed by atoms with Crippen LogP contribution in [0.4, 0.5) is 0 Å². The van der Waals surface area contributed by atoms with Gasteiger partial charge in [-0.2, -0.15) is 0 Å². The fraction of sp³-hybridized carbons (Fsp3) is 0.444. The largest absolute Gasteiger partial charge is 0.508 e. The second kappa shape index (κ2) is 7.15. The van der Waals surface area contributed by atoms with Crippen molar-refractivity contribution in [3.8, 4) is 5.75 Å². The van der Waals surface area contributed by atoms with E-state index in [1.807, 2.05) is 25.1 Å². The summed E-state index contributed by atoms with van der Waals surface area (Å²) in [5.41, 5.74) is 1.79. The molecule has 3 rings (SSSR count). The summed E-state index contributed by atoms with van der Waals surface area (Å²) in [5.74, 6) is 1.05. The minimum atomic E-state index is -0.0909. The molecule has 1 fully saturated rings. The zero-order valence-electron chi connectivity index (χ0n) is 14.2. The molecule has 1 saturated heterocycles. The summed E-state index contributed by atoms with van der Waals surface area (Å²) in [6, 6.07) is 9.04. The lowest BCUT2D eigenvalue weighted by Crippen LogP contribution is -2.47. The molecule has 128 valence electrons. The number of aromatic amines is 1. The molecule has 0 saturated carbocycles. The van der Waals surface area contributed by atoms with Gasteiger partial charge in [0, 0.05) is 44.5 Å². The molecule has 2 N–H and O–H groups in total. The van der Waals surface area contributed by atoms with Crippen LogP contribution in [0.3, 0.4) is 0 Å². The van der Waals surface area contributed by atoms with Gasteiger partial charge in [0.1, 0.15) is 11.6 Å². The number of aryl methyl sites for hydroxylation is 1. The van der Waals surface area contributed by atoms with Crippen LogP contribution in [0.25, 0.3) is 0 Å². The van der Waals surface area contributed by atoms with Crippen LogP contribution in [0.2, 0.25) is 0 Å². The first-order valence-corrected chi connectivity index (χ1v) is 8.33. The molecular weight excluding hydrogens is 304 g/mol. The molecule has 1 aliphatic heterocycles. The molecule has 1 atom stereocenters. The summed E-state index contributed by atoms with van der Waals surface area (Å²) in [5, 5.41) is 9.57. The highest BCUT2D eigenvalue weighted by molar-refractivity contribution is 5.27. The van der Waals surface area contributed by atoms with Gasteiger partial charge in [0.25, 0.3) is 5.56 Å². The van der Waals surface area contributed by atoms with Crippen molar-refractivity contribution in [1.29, 1.82) is 0 Å². The Morgan fingerprint density at radius 2 is 2.00 bits per heavy atom. The van der Waals surface area contributed by atoms with E-state index in [2.05, 4.69) is 26.7 Å². The van der Waals surface area contributed by atoms with E-state index in [1.54, 1.807) is 6.07 Å². The number of rotatable bonds is 4. The third-order valence-electron chi connectivity index (χ3n) is 4.56. The normalized spacial score (nSPS) is 17.8. The number of nitrogens with zero attached hydrogens (tertiary/aromatic N) is 3. The standard InChI is InChI=1S/C18H24N4O2/c1-13-10-17(24)20-18(19-13)14(2)22-8-6-21(7-9-22)12-15-4-3-5-16(23)11-15/h3-5,10-11,14,23H,6-9,12H2,1-2H3,(H,19,20,24)/t14-/m1/s1. The SMILES string of the molecule is Cc1cc(=O)[nH]c([C@@H](C)N2CCN(Cc3cccc(O)c3)CC2)n1. The number of phenolic OH excluding ortho intramolecular Hbond substituents is 1. The van der Waals surface area contributed by atoms with Crippen molar-refractivity contribution >= 4 is 0 Å². The Morgan fingerprint density at radius 3 is 2.67 bits per heavy atom. The Bertz CT molecular complexity index is 751. The quantitative estimate of drug-likeness (QED) is 0.893. The van der Waals surface area contributed by atoms with Gasteiger partial charge in [-0.3, -0.25) is 14.6 Å². The van der Waals surface area contributed by atoms with Crippen LogP contribution in [-0.4, -0.2) is 51.1 Å². The van der Waals surface area contributed by atoms with Crippen LogP contribution in [0.5, 0.6) is 5.75 Å². The Hall–Kier alpha value is -2.18. The van der Waals surface area contributed by atoms with Crippen molar-refractivity contribution < 1.29 is 5.11 Å². The lowest BCUT2D eigenvalue weighted by Gasteiger charge is -2.37. The highest BCUT2D eigenvalue weighted by Crippen LogP contribution is 2.19. The molecule has 0 aliphatic carbocycles. The van der Waals surface area contributed by atoms with Gasteiger partial charge in [-0.25, -0.2) is 4.98 Å². The maximum Gasteiger partial charge on any atom is 0.251 e. The van der Waals surface area contributed by atoms with E-state index in [1.165, 1.54) is 6.07 Å². The Labute approximate surface area is 141 Å². The fourth-order valence-corrected chi connectivity index (χ4v) is 3.19. The molecule has 1 aliphatic rings. The minimum Gasteiger partial charge on any atom is -0.508 e. The molecule has 2 heterocycles. The molecule has 0 unspecified atom stereocenters. The molecule has 24 heavy (non-hydrogen) atoms. The first-order valence-electron chi connectivity index (χ1n) is 8.33. The average Bonchev–Trinajstić information content (AvgIpc) is 2.54. The van der Waals surface area contributed by atoms with E-state index in [4.69, 9.17) is 0 Å². The van der Waals surface area contributed by atoms with Crippen LogP contribution in [0, 0.1) is 6.92 Å². The van der Waals surface area contributed by atoms with E-state index < -0.39 is 0 Å². The Kier molecular flexibility index (Phi) is 4.97. The predicted molar refractivity (Wildman–Crippen MR) is 93.0 cm³/mol. The van der Waals surface area contributed by atoms with Crippen LogP contribution < -0.4 is 5.56 Å². The number of phenols is 1.